The van der Waals surface area contributed by atoms with Crippen LogP contribution >= 0.6 is 31.9 Å². The molecule has 1 N–H and O–H groups in total. The van der Waals surface area contributed by atoms with Crippen LogP contribution in [0, 0.1) is 0 Å². The van der Waals surface area contributed by atoms with Crippen LogP contribution in [0.2, 0.25) is 0 Å². The molecule has 0 fully saturated rings. The van der Waals surface area contributed by atoms with Gasteiger partial charge in [0.25, 0.3) is 0 Å². The largest absolute Gasteiger partial charge is 0.313 e. The first-order valence-corrected chi connectivity index (χ1v) is 6.87. The van der Waals surface area contributed by atoms with Crippen LogP contribution in [0.1, 0.15) is 18.5 Å². The summed E-state index contributed by atoms with van der Waals surface area (Å²) in [5, 5.41) is 7.57. The van der Waals surface area contributed by atoms with Gasteiger partial charge in [0, 0.05) is 16.7 Å². The lowest BCUT2D eigenvalue weighted by molar-refractivity contribution is 0.643. The predicted octanol–water partition coefficient (Wildman–Crippen LogP) is 3.68. The Morgan fingerprint density at radius 2 is 2.06 bits per heavy atom. The predicted molar refractivity (Wildman–Crippen MR) is 76.4 cm³/mol. The number of rotatable bonds is 3. The molecule has 0 spiro atoms. The van der Waals surface area contributed by atoms with Gasteiger partial charge in [0.2, 0.25) is 0 Å². The summed E-state index contributed by atoms with van der Waals surface area (Å²) in [6.45, 7) is 2.13. The second kappa shape index (κ2) is 5.33. The van der Waals surface area contributed by atoms with E-state index in [4.69, 9.17) is 0 Å². The van der Waals surface area contributed by atoms with Crippen LogP contribution in [0.5, 0.6) is 0 Å². The van der Waals surface area contributed by atoms with Crippen LogP contribution in [-0.4, -0.2) is 16.8 Å². The zero-order valence-electron chi connectivity index (χ0n) is 9.61. The molecule has 1 atom stereocenters. The summed E-state index contributed by atoms with van der Waals surface area (Å²) in [4.78, 5) is 0. The molecule has 1 unspecified atom stereocenters. The normalized spacial score (nSPS) is 12.7. The summed E-state index contributed by atoms with van der Waals surface area (Å²) in [5.41, 5.74) is 2.29. The molecule has 0 aliphatic heterocycles. The average Bonchev–Trinajstić information content (AvgIpc) is 2.74. The number of aromatic nitrogens is 2. The van der Waals surface area contributed by atoms with Crippen molar-refractivity contribution in [1.29, 1.82) is 0 Å². The van der Waals surface area contributed by atoms with Gasteiger partial charge < -0.3 is 5.32 Å². The Bertz CT molecular complexity index is 522. The van der Waals surface area contributed by atoms with E-state index in [2.05, 4.69) is 61.3 Å². The van der Waals surface area contributed by atoms with Crippen LogP contribution in [0.15, 0.2) is 39.5 Å². The van der Waals surface area contributed by atoms with Gasteiger partial charge in [-0.05, 0) is 53.7 Å². The highest BCUT2D eigenvalue weighted by molar-refractivity contribution is 9.10. The Morgan fingerprint density at radius 3 is 2.65 bits per heavy atom. The van der Waals surface area contributed by atoms with Gasteiger partial charge in [-0.25, -0.2) is 4.68 Å². The molecule has 0 bridgehead atoms. The molecule has 0 saturated heterocycles. The minimum absolute atomic E-state index is 0.269. The first-order chi connectivity index (χ1) is 8.11. The van der Waals surface area contributed by atoms with E-state index in [1.54, 1.807) is 6.20 Å². The zero-order chi connectivity index (χ0) is 12.4. The summed E-state index contributed by atoms with van der Waals surface area (Å²) in [5.74, 6) is 0. The van der Waals surface area contributed by atoms with Crippen molar-refractivity contribution < 1.29 is 0 Å². The molecule has 1 heterocycles. The molecule has 2 rings (SSSR count). The monoisotopic (exact) mass is 357 g/mol. The molecule has 1 aromatic heterocycles. The van der Waals surface area contributed by atoms with E-state index < -0.39 is 0 Å². The third-order valence-electron chi connectivity index (χ3n) is 2.69. The maximum Gasteiger partial charge on any atom is 0.0694 e. The minimum Gasteiger partial charge on any atom is -0.313 e. The second-order valence-electron chi connectivity index (χ2n) is 3.82. The van der Waals surface area contributed by atoms with E-state index in [1.165, 1.54) is 5.56 Å². The molecule has 1 aromatic carbocycles. The third-order valence-corrected chi connectivity index (χ3v) is 3.59. The van der Waals surface area contributed by atoms with E-state index >= 15 is 0 Å². The van der Waals surface area contributed by atoms with Gasteiger partial charge >= 0.3 is 0 Å². The number of hydrogen-bond donors (Lipinski definition) is 1. The third kappa shape index (κ3) is 2.78. The molecule has 90 valence electrons. The van der Waals surface area contributed by atoms with E-state index in [0.717, 1.165) is 14.6 Å². The van der Waals surface area contributed by atoms with Gasteiger partial charge in [0.05, 0.1) is 16.4 Å². The molecule has 0 saturated carbocycles. The van der Waals surface area contributed by atoms with Gasteiger partial charge in [-0.3, -0.25) is 0 Å². The van der Waals surface area contributed by atoms with Crippen molar-refractivity contribution in [3.05, 3.63) is 45.1 Å². The summed E-state index contributed by atoms with van der Waals surface area (Å²) in [6, 6.07) is 6.47. The van der Waals surface area contributed by atoms with E-state index in [1.807, 2.05) is 24.0 Å². The highest BCUT2D eigenvalue weighted by Gasteiger charge is 2.11. The highest BCUT2D eigenvalue weighted by Crippen LogP contribution is 2.25. The lowest BCUT2D eigenvalue weighted by Gasteiger charge is -2.16. The average molecular weight is 359 g/mol. The Balaban J connectivity index is 2.53. The molecular formula is C12H13Br2N3. The Hall–Kier alpha value is -0.650. The molecule has 2 aromatic rings. The van der Waals surface area contributed by atoms with Crippen molar-refractivity contribution >= 4 is 31.9 Å². The Kier molecular flexibility index (Phi) is 4.01. The number of hydrogen-bond acceptors (Lipinski definition) is 2. The van der Waals surface area contributed by atoms with Gasteiger partial charge in [-0.2, -0.15) is 5.10 Å². The molecule has 5 heteroatoms. The fourth-order valence-corrected chi connectivity index (χ4v) is 2.33. The first-order valence-electron chi connectivity index (χ1n) is 5.29. The maximum absolute atomic E-state index is 4.32. The van der Waals surface area contributed by atoms with Gasteiger partial charge in [0.15, 0.2) is 0 Å². The molecule has 0 amide bonds. The summed E-state index contributed by atoms with van der Waals surface area (Å²) < 4.78 is 3.92. The van der Waals surface area contributed by atoms with Gasteiger partial charge in [0.1, 0.15) is 0 Å². The van der Waals surface area contributed by atoms with E-state index in [9.17, 15) is 0 Å². The lowest BCUT2D eigenvalue weighted by Crippen LogP contribution is -2.15. The molecule has 17 heavy (non-hydrogen) atoms. The SMILES string of the molecule is CNC(C)c1cc(Br)ccc1-n1cc(Br)cn1. The van der Waals surface area contributed by atoms with Crippen molar-refractivity contribution in [2.24, 2.45) is 0 Å². The van der Waals surface area contributed by atoms with Crippen LogP contribution in [0.4, 0.5) is 0 Å². The standard InChI is InChI=1S/C12H13Br2N3/c1-8(15-2)11-5-9(13)3-4-12(11)17-7-10(14)6-16-17/h3-8,15H,1-2H3. The first kappa shape index (κ1) is 12.8. The smallest absolute Gasteiger partial charge is 0.0694 e. The Morgan fingerprint density at radius 1 is 1.29 bits per heavy atom. The number of nitrogens with zero attached hydrogens (tertiary/aromatic N) is 2. The molecule has 3 nitrogen and oxygen atoms in total. The van der Waals surface area contributed by atoms with Crippen LogP contribution < -0.4 is 5.32 Å². The minimum atomic E-state index is 0.269. The summed E-state index contributed by atoms with van der Waals surface area (Å²) in [6.07, 6.45) is 3.74. The maximum atomic E-state index is 4.32. The fraction of sp³-hybridized carbons (Fsp3) is 0.250. The van der Waals surface area contributed by atoms with E-state index in [-0.39, 0.29) is 6.04 Å². The van der Waals surface area contributed by atoms with Crippen molar-refractivity contribution in [1.82, 2.24) is 15.1 Å². The summed E-state index contributed by atoms with van der Waals surface area (Å²) in [7, 11) is 1.95. The number of benzene rings is 1. The van der Waals surface area contributed by atoms with E-state index in [0.29, 0.717) is 0 Å². The van der Waals surface area contributed by atoms with Crippen molar-refractivity contribution in [3.63, 3.8) is 0 Å². The van der Waals surface area contributed by atoms with Crippen molar-refractivity contribution in [3.8, 4) is 5.69 Å². The quantitative estimate of drug-likeness (QED) is 0.906. The molecule has 0 aliphatic carbocycles. The topological polar surface area (TPSA) is 29.9 Å². The van der Waals surface area contributed by atoms with Crippen molar-refractivity contribution in [2.45, 2.75) is 13.0 Å². The molecular weight excluding hydrogens is 346 g/mol. The second-order valence-corrected chi connectivity index (χ2v) is 5.65. The lowest BCUT2D eigenvalue weighted by atomic mass is 10.1. The highest BCUT2D eigenvalue weighted by atomic mass is 79.9. The molecule has 0 radical (unpaired) electrons. The summed E-state index contributed by atoms with van der Waals surface area (Å²) >= 11 is 6.92. The molecule has 0 aliphatic rings. The van der Waals surface area contributed by atoms with Crippen LogP contribution in [0.25, 0.3) is 5.69 Å². The van der Waals surface area contributed by atoms with Crippen molar-refractivity contribution in [2.75, 3.05) is 7.05 Å². The number of halogens is 2. The van der Waals surface area contributed by atoms with Gasteiger partial charge in [-0.15, -0.1) is 0 Å². The number of nitrogens with one attached hydrogen (secondary N) is 1. The Labute approximate surface area is 117 Å². The fourth-order valence-electron chi connectivity index (χ4n) is 1.67. The zero-order valence-corrected chi connectivity index (χ0v) is 12.8. The van der Waals surface area contributed by atoms with Gasteiger partial charge in [-0.1, -0.05) is 15.9 Å². The van der Waals surface area contributed by atoms with Crippen LogP contribution in [-0.2, 0) is 0 Å². The van der Waals surface area contributed by atoms with Crippen LogP contribution in [0.3, 0.4) is 0 Å².